The maximum absolute atomic E-state index is 12.2. The molecule has 23 heavy (non-hydrogen) atoms. The molecule has 0 radical (unpaired) electrons. The van der Waals surface area contributed by atoms with Gasteiger partial charge in [-0.15, -0.1) is 0 Å². The average Bonchev–Trinajstić information content (AvgIpc) is 2.47. The van der Waals surface area contributed by atoms with E-state index >= 15 is 0 Å². The third kappa shape index (κ3) is 4.74. The maximum atomic E-state index is 12.2. The Bertz CT molecular complexity index is 675. The minimum absolute atomic E-state index is 0.234. The first-order valence-corrected chi connectivity index (χ1v) is 7.60. The highest BCUT2D eigenvalue weighted by atomic mass is 16.6. The third-order valence-corrected chi connectivity index (χ3v) is 3.35. The lowest BCUT2D eigenvalue weighted by Gasteiger charge is -2.24. The summed E-state index contributed by atoms with van der Waals surface area (Å²) >= 11 is 0. The summed E-state index contributed by atoms with van der Waals surface area (Å²) in [5.74, 6) is 0.234. The fraction of sp³-hybridized carbons (Fsp3) is 0.316. The van der Waals surface area contributed by atoms with Crippen molar-refractivity contribution in [1.29, 1.82) is 0 Å². The number of benzene rings is 2. The number of carbonyl (C=O) groups is 1. The molecule has 2 rings (SSSR count). The van der Waals surface area contributed by atoms with Crippen molar-refractivity contribution in [3.8, 4) is 5.75 Å². The number of carbonyl (C=O) groups excluding carboxylic acids is 1. The Labute approximate surface area is 137 Å². The van der Waals surface area contributed by atoms with Crippen LogP contribution in [0.5, 0.6) is 5.75 Å². The number of hydrogen-bond donors (Lipinski definition) is 2. The molecule has 0 spiro atoms. The monoisotopic (exact) mass is 313 g/mol. The van der Waals surface area contributed by atoms with Crippen molar-refractivity contribution in [3.63, 3.8) is 0 Å². The molecule has 1 amide bonds. The number of ether oxygens (including phenoxy) is 1. The lowest BCUT2D eigenvalue weighted by atomic mass is 9.97. The fourth-order valence-electron chi connectivity index (χ4n) is 2.29. The molecule has 0 saturated heterocycles. The smallest absolute Gasteiger partial charge is 0.408 e. The quantitative estimate of drug-likeness (QED) is 0.887. The van der Waals surface area contributed by atoms with Crippen LogP contribution in [-0.4, -0.2) is 16.8 Å². The first-order chi connectivity index (χ1) is 10.8. The van der Waals surface area contributed by atoms with Crippen LogP contribution in [0.4, 0.5) is 4.79 Å². The highest BCUT2D eigenvalue weighted by molar-refractivity contribution is 5.69. The van der Waals surface area contributed by atoms with Crippen LogP contribution < -0.4 is 5.32 Å². The predicted octanol–water partition coefficient (Wildman–Crippen LogP) is 4.31. The van der Waals surface area contributed by atoms with E-state index in [1.807, 2.05) is 64.1 Å². The van der Waals surface area contributed by atoms with Gasteiger partial charge < -0.3 is 15.2 Å². The summed E-state index contributed by atoms with van der Waals surface area (Å²) in [5, 5.41) is 12.6. The maximum Gasteiger partial charge on any atom is 0.408 e. The van der Waals surface area contributed by atoms with Crippen LogP contribution in [0.15, 0.2) is 48.5 Å². The molecule has 2 aromatic rings. The number of aryl methyl sites for hydroxylation is 1. The molecule has 0 aliphatic heterocycles. The Morgan fingerprint density at radius 3 is 2.30 bits per heavy atom. The van der Waals surface area contributed by atoms with E-state index in [0.717, 1.165) is 16.7 Å². The van der Waals surface area contributed by atoms with E-state index < -0.39 is 11.7 Å². The molecule has 0 bridgehead atoms. The predicted molar refractivity (Wildman–Crippen MR) is 90.5 cm³/mol. The van der Waals surface area contributed by atoms with Crippen LogP contribution in [0.3, 0.4) is 0 Å². The van der Waals surface area contributed by atoms with Gasteiger partial charge in [-0.05, 0) is 56.5 Å². The Kier molecular flexibility index (Phi) is 4.94. The molecule has 122 valence electrons. The summed E-state index contributed by atoms with van der Waals surface area (Å²) in [5.41, 5.74) is 2.03. The number of nitrogens with one attached hydrogen (secondary N) is 1. The van der Waals surface area contributed by atoms with Crippen molar-refractivity contribution in [2.45, 2.75) is 39.3 Å². The average molecular weight is 313 g/mol. The SMILES string of the molecule is Cc1cc([C@H](NC(=O)OC(C)(C)C)c2ccccc2)ccc1O. The topological polar surface area (TPSA) is 58.6 Å². The van der Waals surface area contributed by atoms with Crippen LogP contribution in [-0.2, 0) is 4.74 Å². The summed E-state index contributed by atoms with van der Waals surface area (Å²) < 4.78 is 5.37. The third-order valence-electron chi connectivity index (χ3n) is 3.35. The zero-order valence-electron chi connectivity index (χ0n) is 14.0. The standard InChI is InChI=1S/C19H23NO3/c1-13-12-15(10-11-16(13)21)17(14-8-6-5-7-9-14)20-18(22)23-19(2,3)4/h5-12,17,21H,1-4H3,(H,20,22)/t17-/m1/s1. The van der Waals surface area contributed by atoms with Gasteiger partial charge in [0.25, 0.3) is 0 Å². The van der Waals surface area contributed by atoms with E-state index in [-0.39, 0.29) is 11.8 Å². The van der Waals surface area contributed by atoms with Crippen LogP contribution in [0.25, 0.3) is 0 Å². The summed E-state index contributed by atoms with van der Waals surface area (Å²) in [7, 11) is 0. The van der Waals surface area contributed by atoms with Crippen molar-refractivity contribution in [2.75, 3.05) is 0 Å². The van der Waals surface area contributed by atoms with Crippen molar-refractivity contribution in [1.82, 2.24) is 5.32 Å². The molecule has 0 unspecified atom stereocenters. The highest BCUT2D eigenvalue weighted by Gasteiger charge is 2.22. The fourth-order valence-corrected chi connectivity index (χ4v) is 2.29. The lowest BCUT2D eigenvalue weighted by Crippen LogP contribution is -2.35. The van der Waals surface area contributed by atoms with Crippen molar-refractivity contribution in [2.24, 2.45) is 0 Å². The van der Waals surface area contributed by atoms with Crippen LogP contribution in [0, 0.1) is 6.92 Å². The van der Waals surface area contributed by atoms with E-state index in [1.165, 1.54) is 0 Å². The number of alkyl carbamates (subject to hydrolysis) is 1. The van der Waals surface area contributed by atoms with Gasteiger partial charge in [0, 0.05) is 0 Å². The van der Waals surface area contributed by atoms with Gasteiger partial charge in [-0.25, -0.2) is 4.79 Å². The summed E-state index contributed by atoms with van der Waals surface area (Å²) in [6.07, 6.45) is -0.475. The largest absolute Gasteiger partial charge is 0.508 e. The van der Waals surface area contributed by atoms with Gasteiger partial charge in [-0.3, -0.25) is 0 Å². The second-order valence-corrected chi connectivity index (χ2v) is 6.54. The lowest BCUT2D eigenvalue weighted by molar-refractivity contribution is 0.0512. The molecule has 0 heterocycles. The van der Waals surface area contributed by atoms with Gasteiger partial charge in [0.1, 0.15) is 11.4 Å². The summed E-state index contributed by atoms with van der Waals surface area (Å²) in [6, 6.07) is 14.6. The molecular weight excluding hydrogens is 290 g/mol. The number of aromatic hydroxyl groups is 1. The van der Waals surface area contributed by atoms with E-state index in [9.17, 15) is 9.90 Å². The van der Waals surface area contributed by atoms with E-state index in [4.69, 9.17) is 4.74 Å². The molecule has 0 aliphatic carbocycles. The Balaban J connectivity index is 2.33. The number of hydrogen-bond acceptors (Lipinski definition) is 3. The molecular formula is C19H23NO3. The number of rotatable bonds is 3. The Morgan fingerprint density at radius 2 is 1.74 bits per heavy atom. The number of phenols is 1. The Morgan fingerprint density at radius 1 is 1.09 bits per heavy atom. The second kappa shape index (κ2) is 6.73. The molecule has 2 aromatic carbocycles. The molecule has 2 N–H and O–H groups in total. The van der Waals surface area contributed by atoms with Gasteiger partial charge in [0.05, 0.1) is 6.04 Å². The van der Waals surface area contributed by atoms with Crippen molar-refractivity contribution < 1.29 is 14.6 Å². The zero-order valence-corrected chi connectivity index (χ0v) is 14.0. The van der Waals surface area contributed by atoms with Gasteiger partial charge in [0.2, 0.25) is 0 Å². The summed E-state index contributed by atoms with van der Waals surface area (Å²) in [6.45, 7) is 7.31. The van der Waals surface area contributed by atoms with Gasteiger partial charge in [-0.1, -0.05) is 36.4 Å². The van der Waals surface area contributed by atoms with Crippen molar-refractivity contribution >= 4 is 6.09 Å². The first kappa shape index (κ1) is 16.9. The van der Waals surface area contributed by atoms with Gasteiger partial charge >= 0.3 is 6.09 Å². The van der Waals surface area contributed by atoms with Crippen LogP contribution in [0.1, 0.15) is 43.5 Å². The Hall–Kier alpha value is -2.49. The molecule has 0 saturated carbocycles. The summed E-state index contributed by atoms with van der Waals surface area (Å²) in [4.78, 5) is 12.2. The molecule has 4 nitrogen and oxygen atoms in total. The minimum Gasteiger partial charge on any atom is -0.508 e. The number of amides is 1. The first-order valence-electron chi connectivity index (χ1n) is 7.60. The van der Waals surface area contributed by atoms with Crippen molar-refractivity contribution in [3.05, 3.63) is 65.2 Å². The second-order valence-electron chi connectivity index (χ2n) is 6.54. The molecule has 0 aliphatic rings. The highest BCUT2D eigenvalue weighted by Crippen LogP contribution is 2.26. The molecule has 0 aromatic heterocycles. The van der Waals surface area contributed by atoms with Crippen LogP contribution in [0.2, 0.25) is 0 Å². The van der Waals surface area contributed by atoms with Gasteiger partial charge in [0.15, 0.2) is 0 Å². The van der Waals surface area contributed by atoms with Gasteiger partial charge in [-0.2, -0.15) is 0 Å². The van der Waals surface area contributed by atoms with E-state index in [1.54, 1.807) is 12.1 Å². The normalized spacial score (nSPS) is 12.5. The minimum atomic E-state index is -0.559. The zero-order chi connectivity index (χ0) is 17.0. The van der Waals surface area contributed by atoms with Crippen LogP contribution >= 0.6 is 0 Å². The molecule has 0 fully saturated rings. The molecule has 4 heteroatoms. The molecule has 1 atom stereocenters. The van der Waals surface area contributed by atoms with E-state index in [2.05, 4.69) is 5.32 Å². The van der Waals surface area contributed by atoms with E-state index in [0.29, 0.717) is 0 Å². The number of phenolic OH excluding ortho intramolecular Hbond substituents is 1.